The summed E-state index contributed by atoms with van der Waals surface area (Å²) in [5.41, 5.74) is 0.973. The lowest BCUT2D eigenvalue weighted by atomic mass is 9.87. The van der Waals surface area contributed by atoms with E-state index in [-0.39, 0.29) is 0 Å². The fraction of sp³-hybridized carbons (Fsp3) is 0.455. The zero-order chi connectivity index (χ0) is 20.1. The van der Waals surface area contributed by atoms with Crippen LogP contribution in [0.5, 0.6) is 5.75 Å². The number of methoxy groups -OCH3 is 1. The highest BCUT2D eigenvalue weighted by Gasteiger charge is 2.33. The maximum atomic E-state index is 11.0. The van der Waals surface area contributed by atoms with Gasteiger partial charge in [0.25, 0.3) is 0 Å². The van der Waals surface area contributed by atoms with Crippen molar-refractivity contribution in [2.45, 2.75) is 37.8 Å². The molecule has 0 radical (unpaired) electrons. The first-order valence-electron chi connectivity index (χ1n) is 10.2. The summed E-state index contributed by atoms with van der Waals surface area (Å²) < 4.78 is 12.8. The average molecular weight is 396 g/mol. The Balaban J connectivity index is 1.28. The summed E-state index contributed by atoms with van der Waals surface area (Å²) in [6, 6.07) is 11.6. The van der Waals surface area contributed by atoms with Gasteiger partial charge in [-0.2, -0.15) is 5.10 Å². The molecular formula is C22H28N4O3. The monoisotopic (exact) mass is 396 g/mol. The molecule has 3 aromatic rings. The van der Waals surface area contributed by atoms with Crippen LogP contribution >= 0.6 is 0 Å². The van der Waals surface area contributed by atoms with Crippen molar-refractivity contribution in [3.63, 3.8) is 0 Å². The summed E-state index contributed by atoms with van der Waals surface area (Å²) in [4.78, 5) is 2.42. The molecule has 4 rings (SSSR count). The molecule has 7 nitrogen and oxygen atoms in total. The van der Waals surface area contributed by atoms with Crippen LogP contribution < -0.4 is 4.74 Å². The van der Waals surface area contributed by atoms with E-state index in [9.17, 15) is 5.11 Å². The van der Waals surface area contributed by atoms with Crippen LogP contribution in [0.15, 0.2) is 53.3 Å². The molecule has 0 atom stereocenters. The van der Waals surface area contributed by atoms with Gasteiger partial charge in [-0.1, -0.05) is 17.3 Å². The molecule has 0 bridgehead atoms. The summed E-state index contributed by atoms with van der Waals surface area (Å²) in [6.45, 7) is 3.75. The summed E-state index contributed by atoms with van der Waals surface area (Å²) in [5, 5.41) is 19.4. The first-order chi connectivity index (χ1) is 14.1. The van der Waals surface area contributed by atoms with Gasteiger partial charge >= 0.3 is 0 Å². The molecule has 1 N–H and O–H groups in total. The van der Waals surface area contributed by atoms with Gasteiger partial charge in [0.15, 0.2) is 0 Å². The number of aliphatic hydroxyl groups is 1. The number of ether oxygens (including phenoxy) is 1. The molecule has 0 unspecified atom stereocenters. The molecule has 1 aliphatic rings. The van der Waals surface area contributed by atoms with Crippen molar-refractivity contribution in [3.8, 4) is 17.0 Å². The van der Waals surface area contributed by atoms with Crippen molar-refractivity contribution in [1.82, 2.24) is 19.8 Å². The average Bonchev–Trinajstić information content (AvgIpc) is 3.42. The van der Waals surface area contributed by atoms with Crippen molar-refractivity contribution >= 4 is 0 Å². The van der Waals surface area contributed by atoms with E-state index in [1.165, 1.54) is 0 Å². The Bertz CT molecular complexity index is 898. The lowest BCUT2D eigenvalue weighted by Crippen LogP contribution is -2.46. The Kier molecular flexibility index (Phi) is 5.97. The Morgan fingerprint density at radius 1 is 1.17 bits per heavy atom. The number of aromatic nitrogens is 3. The quantitative estimate of drug-likeness (QED) is 0.631. The topological polar surface area (TPSA) is 76.6 Å². The minimum Gasteiger partial charge on any atom is -0.497 e. The lowest BCUT2D eigenvalue weighted by molar-refractivity contribution is -0.0250. The molecule has 29 heavy (non-hydrogen) atoms. The molecule has 2 aromatic heterocycles. The molecular weight excluding hydrogens is 368 g/mol. The van der Waals surface area contributed by atoms with Gasteiger partial charge in [0.2, 0.25) is 0 Å². The van der Waals surface area contributed by atoms with Crippen molar-refractivity contribution in [2.75, 3.05) is 26.7 Å². The number of rotatable bonds is 8. The SMILES string of the molecule is COc1cccc(-c2cc(CC3(O)CCN(CCCn4cccn4)CC3)on2)c1. The number of piperidine rings is 1. The second kappa shape index (κ2) is 8.80. The predicted octanol–water partition coefficient (Wildman–Crippen LogP) is 3.01. The van der Waals surface area contributed by atoms with Crippen LogP contribution in [0.3, 0.4) is 0 Å². The molecule has 7 heteroatoms. The Hall–Kier alpha value is -2.64. The second-order valence-corrected chi connectivity index (χ2v) is 7.78. The summed E-state index contributed by atoms with van der Waals surface area (Å²) in [7, 11) is 1.65. The molecule has 0 saturated carbocycles. The van der Waals surface area contributed by atoms with Gasteiger partial charge in [-0.25, -0.2) is 0 Å². The normalized spacial score (nSPS) is 16.8. The molecule has 3 heterocycles. The number of aryl methyl sites for hydroxylation is 1. The first kappa shape index (κ1) is 19.7. The van der Waals surface area contributed by atoms with Crippen molar-refractivity contribution in [1.29, 1.82) is 0 Å². The van der Waals surface area contributed by atoms with Crippen molar-refractivity contribution in [2.24, 2.45) is 0 Å². The summed E-state index contributed by atoms with van der Waals surface area (Å²) in [5.74, 6) is 1.50. The Labute approximate surface area is 170 Å². The van der Waals surface area contributed by atoms with E-state index >= 15 is 0 Å². The highest BCUT2D eigenvalue weighted by atomic mass is 16.5. The number of likely N-dealkylation sites (tertiary alicyclic amines) is 1. The maximum absolute atomic E-state index is 11.0. The molecule has 154 valence electrons. The van der Waals surface area contributed by atoms with Crippen LogP contribution in [-0.2, 0) is 13.0 Å². The maximum Gasteiger partial charge on any atom is 0.140 e. The van der Waals surface area contributed by atoms with E-state index in [4.69, 9.17) is 9.26 Å². The van der Waals surface area contributed by atoms with Crippen LogP contribution in [-0.4, -0.2) is 57.3 Å². The van der Waals surface area contributed by atoms with Crippen LogP contribution in [0.1, 0.15) is 25.0 Å². The van der Waals surface area contributed by atoms with Gasteiger partial charge in [0.05, 0.1) is 12.7 Å². The smallest absolute Gasteiger partial charge is 0.140 e. The zero-order valence-electron chi connectivity index (χ0n) is 16.8. The Morgan fingerprint density at radius 3 is 2.79 bits per heavy atom. The molecule has 1 saturated heterocycles. The zero-order valence-corrected chi connectivity index (χ0v) is 16.8. The lowest BCUT2D eigenvalue weighted by Gasteiger charge is -2.37. The fourth-order valence-electron chi connectivity index (χ4n) is 3.90. The van der Waals surface area contributed by atoms with Crippen LogP contribution in [0.25, 0.3) is 11.3 Å². The van der Waals surface area contributed by atoms with Crippen LogP contribution in [0, 0.1) is 0 Å². The minimum absolute atomic E-state index is 0.491. The fourth-order valence-corrected chi connectivity index (χ4v) is 3.90. The molecule has 0 aliphatic carbocycles. The standard InChI is InChI=1S/C22H28N4O3/c1-28-19-6-2-5-18(15-19)21-16-20(29-24-21)17-22(27)7-13-25(14-8-22)10-4-12-26-11-3-9-23-26/h2-3,5-6,9,11,15-16,27H,4,7-8,10,12-14,17H2,1H3. The van der Waals surface area contributed by atoms with E-state index in [2.05, 4.69) is 15.2 Å². The number of hydrogen-bond donors (Lipinski definition) is 1. The van der Waals surface area contributed by atoms with Crippen LogP contribution in [0.4, 0.5) is 0 Å². The highest BCUT2D eigenvalue weighted by Crippen LogP contribution is 2.29. The summed E-state index contributed by atoms with van der Waals surface area (Å²) in [6.07, 6.45) is 6.83. The third kappa shape index (κ3) is 5.05. The van der Waals surface area contributed by atoms with Gasteiger partial charge in [0.1, 0.15) is 17.2 Å². The van der Waals surface area contributed by atoms with Crippen molar-refractivity contribution in [3.05, 3.63) is 54.6 Å². The number of benzene rings is 1. The van der Waals surface area contributed by atoms with Gasteiger partial charge in [-0.05, 0) is 44.0 Å². The summed E-state index contributed by atoms with van der Waals surface area (Å²) >= 11 is 0. The highest BCUT2D eigenvalue weighted by molar-refractivity contribution is 5.60. The van der Waals surface area contributed by atoms with Crippen LogP contribution in [0.2, 0.25) is 0 Å². The van der Waals surface area contributed by atoms with E-state index < -0.39 is 5.60 Å². The van der Waals surface area contributed by atoms with Gasteiger partial charge in [0, 0.05) is 50.1 Å². The number of nitrogens with zero attached hydrogens (tertiary/aromatic N) is 4. The van der Waals surface area contributed by atoms with E-state index in [1.54, 1.807) is 7.11 Å². The number of hydrogen-bond acceptors (Lipinski definition) is 6. The minimum atomic E-state index is -0.732. The molecule has 1 aliphatic heterocycles. The van der Waals surface area contributed by atoms with E-state index in [0.29, 0.717) is 6.42 Å². The van der Waals surface area contributed by atoms with E-state index in [1.807, 2.05) is 53.5 Å². The third-order valence-corrected chi connectivity index (χ3v) is 5.64. The molecule has 1 aromatic carbocycles. The predicted molar refractivity (Wildman–Crippen MR) is 110 cm³/mol. The van der Waals surface area contributed by atoms with E-state index in [0.717, 1.165) is 68.2 Å². The van der Waals surface area contributed by atoms with Gasteiger partial charge < -0.3 is 19.3 Å². The molecule has 1 fully saturated rings. The van der Waals surface area contributed by atoms with Gasteiger partial charge in [-0.15, -0.1) is 0 Å². The first-order valence-corrected chi connectivity index (χ1v) is 10.2. The molecule has 0 amide bonds. The second-order valence-electron chi connectivity index (χ2n) is 7.78. The Morgan fingerprint density at radius 2 is 2.03 bits per heavy atom. The third-order valence-electron chi connectivity index (χ3n) is 5.64. The largest absolute Gasteiger partial charge is 0.497 e. The van der Waals surface area contributed by atoms with Gasteiger partial charge in [-0.3, -0.25) is 4.68 Å². The molecule has 0 spiro atoms. The van der Waals surface area contributed by atoms with Crippen molar-refractivity contribution < 1.29 is 14.4 Å².